The van der Waals surface area contributed by atoms with Gasteiger partial charge in [-0.15, -0.1) is 11.6 Å². The summed E-state index contributed by atoms with van der Waals surface area (Å²) in [7, 11) is -2.07. The molecule has 0 spiro atoms. The number of alkyl halides is 1. The first kappa shape index (κ1) is 15.6. The predicted octanol–water partition coefficient (Wildman–Crippen LogP) is 2.85. The Bertz CT molecular complexity index is 588. The Balaban J connectivity index is 2.48. The van der Waals surface area contributed by atoms with Crippen LogP contribution in [0.1, 0.15) is 25.8 Å². The summed E-state index contributed by atoms with van der Waals surface area (Å²) in [6.45, 7) is 4.56. The molecule has 1 aliphatic rings. The van der Waals surface area contributed by atoms with E-state index in [9.17, 15) is 8.42 Å². The molecule has 0 amide bonds. The third kappa shape index (κ3) is 2.80. The van der Waals surface area contributed by atoms with Crippen LogP contribution in [0.15, 0.2) is 23.1 Å². The van der Waals surface area contributed by atoms with Crippen LogP contribution in [-0.2, 0) is 15.9 Å². The quantitative estimate of drug-likeness (QED) is 0.802. The minimum atomic E-state index is -3.55. The third-order valence-electron chi connectivity index (χ3n) is 3.70. The van der Waals surface area contributed by atoms with E-state index in [1.54, 1.807) is 22.5 Å². The number of benzene rings is 1. The maximum atomic E-state index is 12.8. The topological polar surface area (TPSA) is 46.6 Å². The Labute approximate surface area is 125 Å². The average Bonchev–Trinajstić information content (AvgIpc) is 2.77. The van der Waals surface area contributed by atoms with Gasteiger partial charge in [0.1, 0.15) is 10.6 Å². The highest BCUT2D eigenvalue weighted by atomic mass is 35.5. The molecule has 2 atom stereocenters. The molecule has 1 saturated heterocycles. The molecule has 1 fully saturated rings. The van der Waals surface area contributed by atoms with Gasteiger partial charge in [-0.3, -0.25) is 0 Å². The molecule has 1 aromatic rings. The van der Waals surface area contributed by atoms with Gasteiger partial charge in [0.2, 0.25) is 10.0 Å². The van der Waals surface area contributed by atoms with Crippen molar-refractivity contribution in [3.63, 3.8) is 0 Å². The highest BCUT2D eigenvalue weighted by molar-refractivity contribution is 7.89. The summed E-state index contributed by atoms with van der Waals surface area (Å²) in [5, 5.41) is 0. The summed E-state index contributed by atoms with van der Waals surface area (Å²) in [5.41, 5.74) is 0.769. The number of hydrogen-bond donors (Lipinski definition) is 0. The number of rotatable bonds is 4. The van der Waals surface area contributed by atoms with E-state index in [0.29, 0.717) is 18.2 Å². The highest BCUT2D eigenvalue weighted by Gasteiger charge is 2.37. The molecule has 0 aliphatic carbocycles. The summed E-state index contributed by atoms with van der Waals surface area (Å²) in [4.78, 5) is 0.208. The Morgan fingerprint density at radius 1 is 1.40 bits per heavy atom. The van der Waals surface area contributed by atoms with Gasteiger partial charge in [-0.1, -0.05) is 13.0 Å². The number of methoxy groups -OCH3 is 1. The SMILES string of the molecule is COc1ccc(CCl)cc1S(=O)(=O)N1CC(C)CC1C. The van der Waals surface area contributed by atoms with Crippen molar-refractivity contribution in [1.82, 2.24) is 4.31 Å². The number of halogens is 1. The molecule has 0 radical (unpaired) electrons. The smallest absolute Gasteiger partial charge is 0.247 e. The summed E-state index contributed by atoms with van der Waals surface area (Å²) in [5.74, 6) is 1.02. The zero-order valence-electron chi connectivity index (χ0n) is 12.0. The molecule has 6 heteroatoms. The van der Waals surface area contributed by atoms with Crippen LogP contribution in [0, 0.1) is 5.92 Å². The molecule has 2 unspecified atom stereocenters. The molecule has 0 N–H and O–H groups in total. The zero-order chi connectivity index (χ0) is 14.9. The molecule has 0 bridgehead atoms. The fourth-order valence-electron chi connectivity index (χ4n) is 2.73. The van der Waals surface area contributed by atoms with Gasteiger partial charge in [0.15, 0.2) is 0 Å². The van der Waals surface area contributed by atoms with Gasteiger partial charge < -0.3 is 4.74 Å². The summed E-state index contributed by atoms with van der Waals surface area (Å²) < 4.78 is 32.4. The van der Waals surface area contributed by atoms with Crippen LogP contribution >= 0.6 is 11.6 Å². The second-order valence-electron chi connectivity index (χ2n) is 5.38. The van der Waals surface area contributed by atoms with E-state index < -0.39 is 10.0 Å². The molecule has 1 aromatic carbocycles. The number of ether oxygens (including phenoxy) is 1. The van der Waals surface area contributed by atoms with Gasteiger partial charge >= 0.3 is 0 Å². The van der Waals surface area contributed by atoms with Crippen molar-refractivity contribution >= 4 is 21.6 Å². The zero-order valence-corrected chi connectivity index (χ0v) is 13.5. The van der Waals surface area contributed by atoms with Crippen molar-refractivity contribution in [1.29, 1.82) is 0 Å². The first-order chi connectivity index (χ1) is 9.40. The number of nitrogens with zero attached hydrogens (tertiary/aromatic N) is 1. The molecule has 2 rings (SSSR count). The van der Waals surface area contributed by atoms with E-state index in [4.69, 9.17) is 16.3 Å². The summed E-state index contributed by atoms with van der Waals surface area (Å²) in [6, 6.07) is 5.06. The Kier molecular flexibility index (Phi) is 4.62. The van der Waals surface area contributed by atoms with Crippen LogP contribution in [-0.4, -0.2) is 32.4 Å². The Hall–Kier alpha value is -0.780. The minimum Gasteiger partial charge on any atom is -0.495 e. The van der Waals surface area contributed by atoms with E-state index in [1.165, 1.54) is 7.11 Å². The molecule has 112 valence electrons. The fraction of sp³-hybridized carbons (Fsp3) is 0.571. The molecule has 4 nitrogen and oxygen atoms in total. The Morgan fingerprint density at radius 2 is 2.10 bits per heavy atom. The van der Waals surface area contributed by atoms with Gasteiger partial charge in [-0.25, -0.2) is 8.42 Å². The largest absolute Gasteiger partial charge is 0.495 e. The van der Waals surface area contributed by atoms with Crippen molar-refractivity contribution < 1.29 is 13.2 Å². The van der Waals surface area contributed by atoms with Crippen molar-refractivity contribution in [2.45, 2.75) is 37.1 Å². The third-order valence-corrected chi connectivity index (χ3v) is 6.01. The van der Waals surface area contributed by atoms with Gasteiger partial charge in [-0.2, -0.15) is 4.31 Å². The number of sulfonamides is 1. The Morgan fingerprint density at radius 3 is 2.60 bits per heavy atom. The maximum Gasteiger partial charge on any atom is 0.247 e. The lowest BCUT2D eigenvalue weighted by atomic mass is 10.1. The molecule has 20 heavy (non-hydrogen) atoms. The maximum absolute atomic E-state index is 12.8. The van der Waals surface area contributed by atoms with Crippen LogP contribution in [0.2, 0.25) is 0 Å². The number of hydrogen-bond acceptors (Lipinski definition) is 3. The van der Waals surface area contributed by atoms with Gasteiger partial charge in [0.25, 0.3) is 0 Å². The van der Waals surface area contributed by atoms with Gasteiger partial charge in [0.05, 0.1) is 7.11 Å². The van der Waals surface area contributed by atoms with Gasteiger partial charge in [-0.05, 0) is 37.0 Å². The lowest BCUT2D eigenvalue weighted by molar-refractivity contribution is 0.385. The first-order valence-electron chi connectivity index (χ1n) is 6.65. The predicted molar refractivity (Wildman–Crippen MR) is 79.7 cm³/mol. The van der Waals surface area contributed by atoms with Crippen LogP contribution in [0.5, 0.6) is 5.75 Å². The lowest BCUT2D eigenvalue weighted by Gasteiger charge is -2.22. The monoisotopic (exact) mass is 317 g/mol. The van der Waals surface area contributed by atoms with Crippen molar-refractivity contribution in [3.8, 4) is 5.75 Å². The van der Waals surface area contributed by atoms with E-state index in [2.05, 4.69) is 6.92 Å². The summed E-state index contributed by atoms with van der Waals surface area (Å²) >= 11 is 5.81. The van der Waals surface area contributed by atoms with Crippen molar-refractivity contribution in [2.24, 2.45) is 5.92 Å². The molecular formula is C14H20ClNO3S. The van der Waals surface area contributed by atoms with E-state index in [-0.39, 0.29) is 16.8 Å². The molecule has 0 aromatic heterocycles. The molecule has 1 heterocycles. The van der Waals surface area contributed by atoms with Crippen LogP contribution in [0.4, 0.5) is 0 Å². The van der Waals surface area contributed by atoms with Gasteiger partial charge in [0, 0.05) is 18.5 Å². The molecule has 1 aliphatic heterocycles. The van der Waals surface area contributed by atoms with E-state index >= 15 is 0 Å². The van der Waals surface area contributed by atoms with Crippen molar-refractivity contribution in [3.05, 3.63) is 23.8 Å². The summed E-state index contributed by atoms with van der Waals surface area (Å²) in [6.07, 6.45) is 0.886. The highest BCUT2D eigenvalue weighted by Crippen LogP contribution is 2.33. The standard InChI is InChI=1S/C14H20ClNO3S/c1-10-6-11(2)16(9-10)20(17,18)14-7-12(8-15)4-5-13(14)19-3/h4-5,7,10-11H,6,8-9H2,1-3H3. The second kappa shape index (κ2) is 5.92. The first-order valence-corrected chi connectivity index (χ1v) is 8.62. The average molecular weight is 318 g/mol. The normalized spacial score (nSPS) is 24.0. The second-order valence-corrected chi connectivity index (χ2v) is 7.51. The van der Waals surface area contributed by atoms with E-state index in [0.717, 1.165) is 12.0 Å². The fourth-order valence-corrected chi connectivity index (χ4v) is 4.86. The minimum absolute atomic E-state index is 0.0133. The van der Waals surface area contributed by atoms with Crippen LogP contribution in [0.25, 0.3) is 0 Å². The van der Waals surface area contributed by atoms with Crippen LogP contribution in [0.3, 0.4) is 0 Å². The van der Waals surface area contributed by atoms with Crippen molar-refractivity contribution in [2.75, 3.05) is 13.7 Å². The van der Waals surface area contributed by atoms with E-state index in [1.807, 2.05) is 6.92 Å². The lowest BCUT2D eigenvalue weighted by Crippen LogP contribution is -2.34. The molecular weight excluding hydrogens is 298 g/mol. The molecule has 0 saturated carbocycles. The van der Waals surface area contributed by atoms with Crippen LogP contribution < -0.4 is 4.74 Å².